The lowest BCUT2D eigenvalue weighted by atomic mass is 9.94. The van der Waals surface area contributed by atoms with Gasteiger partial charge in [-0.05, 0) is 19.3 Å². The first kappa shape index (κ1) is 32.1. The van der Waals surface area contributed by atoms with Crippen LogP contribution in [0.2, 0.25) is 0 Å². The summed E-state index contributed by atoms with van der Waals surface area (Å²) in [5, 5.41) is 20.3. The zero-order valence-corrected chi connectivity index (χ0v) is 21.5. The van der Waals surface area contributed by atoms with Gasteiger partial charge in [-0.25, -0.2) is 0 Å². The first-order valence-electron chi connectivity index (χ1n) is 13.5. The number of carbonyl (C=O) groups is 4. The fourth-order valence-electron chi connectivity index (χ4n) is 4.19. The van der Waals surface area contributed by atoms with E-state index >= 15 is 0 Å². The first-order valence-corrected chi connectivity index (χ1v) is 13.5. The van der Waals surface area contributed by atoms with Gasteiger partial charge in [0.25, 0.3) is 0 Å². The number of nitrogens with one attached hydrogen (secondary N) is 1. The van der Waals surface area contributed by atoms with Crippen LogP contribution in [-0.4, -0.2) is 40.9 Å². The van der Waals surface area contributed by atoms with E-state index in [2.05, 4.69) is 5.32 Å². The van der Waals surface area contributed by atoms with E-state index in [1.165, 1.54) is 71.3 Å². The third-order valence-electron chi connectivity index (χ3n) is 6.42. The highest BCUT2D eigenvalue weighted by molar-refractivity contribution is 5.84. The molecule has 0 heterocycles. The SMILES string of the molecule is CNC(=O)CC[C@H](CC(=O)CCCCCCCCCCCCCCCCCCC(=O)O)C(=O)O. The van der Waals surface area contributed by atoms with Crippen LogP contribution in [0.4, 0.5) is 0 Å². The Labute approximate surface area is 206 Å². The van der Waals surface area contributed by atoms with E-state index in [0.29, 0.717) is 12.8 Å². The fourth-order valence-corrected chi connectivity index (χ4v) is 4.19. The zero-order valence-electron chi connectivity index (χ0n) is 21.5. The number of carboxylic acid groups (broad SMARTS) is 2. The highest BCUT2D eigenvalue weighted by Gasteiger charge is 2.21. The van der Waals surface area contributed by atoms with E-state index in [0.717, 1.165) is 38.5 Å². The van der Waals surface area contributed by atoms with Crippen LogP contribution in [0.5, 0.6) is 0 Å². The van der Waals surface area contributed by atoms with Gasteiger partial charge in [0.1, 0.15) is 5.78 Å². The van der Waals surface area contributed by atoms with Crippen LogP contribution in [0.3, 0.4) is 0 Å². The van der Waals surface area contributed by atoms with Crippen molar-refractivity contribution in [3.63, 3.8) is 0 Å². The van der Waals surface area contributed by atoms with E-state index < -0.39 is 17.9 Å². The topological polar surface area (TPSA) is 121 Å². The highest BCUT2D eigenvalue weighted by Crippen LogP contribution is 2.17. The summed E-state index contributed by atoms with van der Waals surface area (Å²) in [7, 11) is 1.52. The molecule has 0 rings (SSSR count). The van der Waals surface area contributed by atoms with E-state index in [4.69, 9.17) is 5.11 Å². The van der Waals surface area contributed by atoms with E-state index in [1.807, 2.05) is 0 Å². The maximum absolute atomic E-state index is 12.1. The molecule has 0 fully saturated rings. The Morgan fingerprint density at radius 1 is 0.588 bits per heavy atom. The number of hydrogen-bond donors (Lipinski definition) is 3. The van der Waals surface area contributed by atoms with Gasteiger partial charge in [-0.1, -0.05) is 89.9 Å². The Balaban J connectivity index is 3.43. The van der Waals surface area contributed by atoms with Crippen LogP contribution in [0.15, 0.2) is 0 Å². The lowest BCUT2D eigenvalue weighted by Crippen LogP contribution is -2.23. The molecule has 0 aliphatic rings. The molecular formula is C27H49NO6. The van der Waals surface area contributed by atoms with Crippen molar-refractivity contribution in [1.29, 1.82) is 0 Å². The predicted molar refractivity (Wildman–Crippen MR) is 135 cm³/mol. The number of aliphatic carboxylic acids is 2. The fraction of sp³-hybridized carbons (Fsp3) is 0.852. The minimum absolute atomic E-state index is 0.0116. The molecule has 0 aliphatic heterocycles. The van der Waals surface area contributed by atoms with Crippen molar-refractivity contribution in [3.8, 4) is 0 Å². The molecule has 34 heavy (non-hydrogen) atoms. The molecule has 0 unspecified atom stereocenters. The number of rotatable bonds is 25. The molecule has 0 aromatic carbocycles. The molecule has 1 amide bonds. The van der Waals surface area contributed by atoms with Gasteiger partial charge in [-0.15, -0.1) is 0 Å². The molecule has 0 saturated carbocycles. The smallest absolute Gasteiger partial charge is 0.306 e. The molecule has 0 spiro atoms. The van der Waals surface area contributed by atoms with Crippen LogP contribution in [0.25, 0.3) is 0 Å². The number of ketones is 1. The van der Waals surface area contributed by atoms with Gasteiger partial charge < -0.3 is 15.5 Å². The number of carboxylic acids is 2. The number of hydrogen-bond acceptors (Lipinski definition) is 4. The molecular weight excluding hydrogens is 434 g/mol. The van der Waals surface area contributed by atoms with E-state index in [9.17, 15) is 24.3 Å². The minimum atomic E-state index is -0.998. The second-order valence-corrected chi connectivity index (χ2v) is 9.54. The normalized spacial score (nSPS) is 11.8. The van der Waals surface area contributed by atoms with Gasteiger partial charge >= 0.3 is 11.9 Å². The van der Waals surface area contributed by atoms with Gasteiger partial charge in [-0.2, -0.15) is 0 Å². The minimum Gasteiger partial charge on any atom is -0.481 e. The van der Waals surface area contributed by atoms with Gasteiger partial charge in [0, 0.05) is 32.7 Å². The lowest BCUT2D eigenvalue weighted by molar-refractivity contribution is -0.144. The van der Waals surface area contributed by atoms with Gasteiger partial charge in [-0.3, -0.25) is 19.2 Å². The maximum Gasteiger partial charge on any atom is 0.306 e. The molecule has 0 saturated heterocycles. The summed E-state index contributed by atoms with van der Waals surface area (Å²) in [5.41, 5.74) is 0. The van der Waals surface area contributed by atoms with Gasteiger partial charge in [0.15, 0.2) is 0 Å². The number of amides is 1. The van der Waals surface area contributed by atoms with Crippen molar-refractivity contribution >= 4 is 23.6 Å². The van der Waals surface area contributed by atoms with Gasteiger partial charge in [0.2, 0.25) is 5.91 Å². The standard InChI is InChI=1S/C27H49NO6/c1-28-25(30)21-20-23(27(33)34)22-24(29)18-16-14-12-10-8-6-4-2-3-5-7-9-11-13-15-17-19-26(31)32/h23H,2-22H2,1H3,(H,28,30)(H,31,32)(H,33,34)/t23-/m1/s1. The Morgan fingerprint density at radius 3 is 1.32 bits per heavy atom. The second kappa shape index (κ2) is 22.9. The van der Waals surface area contributed by atoms with Crippen LogP contribution in [-0.2, 0) is 19.2 Å². The van der Waals surface area contributed by atoms with Crippen molar-refractivity contribution in [2.45, 2.75) is 135 Å². The molecule has 1 atom stereocenters. The Kier molecular flexibility index (Phi) is 21.6. The zero-order chi connectivity index (χ0) is 25.4. The molecule has 3 N–H and O–H groups in total. The average molecular weight is 484 g/mol. The van der Waals surface area contributed by atoms with Crippen LogP contribution >= 0.6 is 0 Å². The average Bonchev–Trinajstić information content (AvgIpc) is 2.80. The number of Topliss-reactive ketones (excluding diaryl/α,β-unsaturated/α-hetero) is 1. The molecule has 0 aromatic heterocycles. The third-order valence-corrected chi connectivity index (χ3v) is 6.42. The van der Waals surface area contributed by atoms with Crippen molar-refractivity contribution in [2.24, 2.45) is 5.92 Å². The van der Waals surface area contributed by atoms with Crippen LogP contribution < -0.4 is 5.32 Å². The summed E-state index contributed by atoms with van der Waals surface area (Å²) in [4.78, 5) is 45.1. The Morgan fingerprint density at radius 2 is 0.971 bits per heavy atom. The summed E-state index contributed by atoms with van der Waals surface area (Å²) < 4.78 is 0. The predicted octanol–water partition coefficient (Wildman–Crippen LogP) is 6.28. The summed E-state index contributed by atoms with van der Waals surface area (Å²) >= 11 is 0. The monoisotopic (exact) mass is 483 g/mol. The second-order valence-electron chi connectivity index (χ2n) is 9.54. The van der Waals surface area contributed by atoms with Crippen LogP contribution in [0, 0.1) is 5.92 Å². The molecule has 0 aromatic rings. The van der Waals surface area contributed by atoms with Crippen molar-refractivity contribution in [2.75, 3.05) is 7.05 Å². The Bertz CT molecular complexity index is 563. The van der Waals surface area contributed by atoms with E-state index in [-0.39, 0.29) is 31.0 Å². The number of unbranched alkanes of at least 4 members (excludes halogenated alkanes) is 15. The molecule has 198 valence electrons. The number of carbonyl (C=O) groups excluding carboxylic acids is 2. The molecule has 0 aliphatic carbocycles. The van der Waals surface area contributed by atoms with Crippen molar-refractivity contribution in [3.05, 3.63) is 0 Å². The highest BCUT2D eigenvalue weighted by atomic mass is 16.4. The summed E-state index contributed by atoms with van der Waals surface area (Å²) in [6.45, 7) is 0. The molecule has 7 nitrogen and oxygen atoms in total. The van der Waals surface area contributed by atoms with Crippen LogP contribution in [0.1, 0.15) is 135 Å². The summed E-state index contributed by atoms with van der Waals surface area (Å²) in [6, 6.07) is 0. The van der Waals surface area contributed by atoms with Crippen molar-refractivity contribution in [1.82, 2.24) is 5.32 Å². The molecule has 0 radical (unpaired) electrons. The van der Waals surface area contributed by atoms with E-state index in [1.54, 1.807) is 0 Å². The van der Waals surface area contributed by atoms with Crippen molar-refractivity contribution < 1.29 is 29.4 Å². The Hall–Kier alpha value is -1.92. The quantitative estimate of drug-likeness (QED) is 0.131. The molecule has 0 bridgehead atoms. The largest absolute Gasteiger partial charge is 0.481 e. The first-order chi connectivity index (χ1) is 16.4. The lowest BCUT2D eigenvalue weighted by Gasteiger charge is -2.11. The summed E-state index contributed by atoms with van der Waals surface area (Å²) in [6.07, 6.45) is 19.8. The van der Waals surface area contributed by atoms with Gasteiger partial charge in [0.05, 0.1) is 5.92 Å². The maximum atomic E-state index is 12.1. The molecule has 7 heteroatoms. The third kappa shape index (κ3) is 21.9. The summed E-state index contributed by atoms with van der Waals surface area (Å²) in [5.74, 6) is -2.66.